The molecule has 0 aliphatic carbocycles. The molecule has 106 heavy (non-hydrogen) atoms. The maximum absolute atomic E-state index is 13.1. The summed E-state index contributed by atoms with van der Waals surface area (Å²) in [7, 11) is -9.98. The van der Waals surface area contributed by atoms with Gasteiger partial charge in [0.15, 0.2) is 12.2 Å². The van der Waals surface area contributed by atoms with Crippen molar-refractivity contribution in [2.75, 3.05) is 39.6 Å². The van der Waals surface area contributed by atoms with Gasteiger partial charge in [0.05, 0.1) is 26.4 Å². The standard InChI is InChI=1S/C87H150O17P2/c1-5-9-13-17-21-25-29-33-36-38-40-42-45-49-52-56-60-64-68-72-85(90)98-78-83(104-87(92)74-70-66-62-58-54-50-46-43-41-39-37-34-30-26-22-18-14-10-6-2)80-102-106(95,96)100-76-81(88)75-99-105(93,94)101-79-82(103-86(91)73-69-65-61-57-53-47-32-28-24-20-16-12-8-4)77-97-84(89)71-67-63-59-55-51-48-44-35-31-27-23-19-15-11-7-3/h9-10,13-14,21-22,25-26,28,32-34,36-37,40-43,49,52,81-83,88H,5-8,11-12,15-20,23-24,27,29-31,35,38-39,44-48,50-51,53-80H2,1-4H3,(H,93,94)(H,95,96)/b13-9-,14-10-,25-21-,26-22-,32-28-,36-33-,37-34-,42-40-,43-41-,52-49-. The molecule has 610 valence electrons. The minimum Gasteiger partial charge on any atom is -0.462 e. The summed E-state index contributed by atoms with van der Waals surface area (Å²) < 4.78 is 68.7. The Morgan fingerprint density at radius 3 is 0.783 bits per heavy atom. The number of aliphatic hydroxyl groups is 1. The van der Waals surface area contributed by atoms with Gasteiger partial charge in [-0.15, -0.1) is 0 Å². The Morgan fingerprint density at radius 1 is 0.274 bits per heavy atom. The largest absolute Gasteiger partial charge is 0.472 e. The predicted molar refractivity (Wildman–Crippen MR) is 436 cm³/mol. The highest BCUT2D eigenvalue weighted by molar-refractivity contribution is 7.47. The maximum atomic E-state index is 13.1. The summed E-state index contributed by atoms with van der Waals surface area (Å²) in [5, 5.41) is 10.7. The highest BCUT2D eigenvalue weighted by atomic mass is 31.2. The zero-order valence-electron chi connectivity index (χ0n) is 66.8. The molecule has 0 amide bonds. The van der Waals surface area contributed by atoms with Crippen LogP contribution < -0.4 is 0 Å². The number of esters is 4. The Balaban J connectivity index is 5.40. The molecule has 0 rings (SSSR count). The van der Waals surface area contributed by atoms with Crippen molar-refractivity contribution in [3.63, 3.8) is 0 Å². The Bertz CT molecular complexity index is 2480. The van der Waals surface area contributed by atoms with E-state index >= 15 is 0 Å². The molecule has 3 N–H and O–H groups in total. The van der Waals surface area contributed by atoms with Crippen molar-refractivity contribution in [2.45, 2.75) is 367 Å². The van der Waals surface area contributed by atoms with Crippen LogP contribution in [0.2, 0.25) is 0 Å². The molecule has 0 saturated heterocycles. The van der Waals surface area contributed by atoms with Gasteiger partial charge in [-0.1, -0.05) is 310 Å². The number of hydrogen-bond acceptors (Lipinski definition) is 15. The number of phosphoric acid groups is 2. The summed E-state index contributed by atoms with van der Waals surface area (Å²) in [5.74, 6) is -2.22. The molecule has 0 fully saturated rings. The van der Waals surface area contributed by atoms with Gasteiger partial charge in [0.1, 0.15) is 19.3 Å². The third-order valence-corrected chi connectivity index (χ3v) is 19.3. The van der Waals surface area contributed by atoms with E-state index in [1.54, 1.807) is 0 Å². The molecule has 17 nitrogen and oxygen atoms in total. The molecule has 0 aromatic heterocycles. The molecule has 0 spiro atoms. The van der Waals surface area contributed by atoms with Gasteiger partial charge in [0, 0.05) is 25.7 Å². The number of allylic oxidation sites excluding steroid dienone is 20. The van der Waals surface area contributed by atoms with Gasteiger partial charge in [0.25, 0.3) is 0 Å². The van der Waals surface area contributed by atoms with Crippen molar-refractivity contribution < 1.29 is 80.2 Å². The number of rotatable bonds is 78. The zero-order chi connectivity index (χ0) is 77.4. The summed E-state index contributed by atoms with van der Waals surface area (Å²) in [6.07, 6.45) is 87.3. The fourth-order valence-corrected chi connectivity index (χ4v) is 12.7. The van der Waals surface area contributed by atoms with Crippen LogP contribution in [0, 0.1) is 0 Å². The second-order valence-electron chi connectivity index (χ2n) is 27.7. The molecular formula is C87H150O17P2. The van der Waals surface area contributed by atoms with Crippen molar-refractivity contribution in [1.29, 1.82) is 0 Å². The van der Waals surface area contributed by atoms with Crippen molar-refractivity contribution in [2.24, 2.45) is 0 Å². The minimum atomic E-state index is -4.99. The van der Waals surface area contributed by atoms with Crippen LogP contribution in [0.1, 0.15) is 349 Å². The van der Waals surface area contributed by atoms with Crippen LogP contribution in [-0.2, 0) is 65.4 Å². The van der Waals surface area contributed by atoms with E-state index in [4.69, 9.17) is 37.0 Å². The third kappa shape index (κ3) is 77.6. The number of unbranched alkanes of at least 4 members (excludes halogenated alkanes) is 32. The molecular weight excluding hydrogens is 1380 g/mol. The van der Waals surface area contributed by atoms with Crippen molar-refractivity contribution in [3.05, 3.63) is 122 Å². The van der Waals surface area contributed by atoms with E-state index in [0.29, 0.717) is 25.7 Å². The summed E-state index contributed by atoms with van der Waals surface area (Å²) in [6, 6.07) is 0. The number of carbonyl (C=O) groups is 4. The molecule has 19 heteroatoms. The summed E-state index contributed by atoms with van der Waals surface area (Å²) in [6.45, 7) is 4.62. The van der Waals surface area contributed by atoms with E-state index < -0.39 is 97.5 Å². The second kappa shape index (κ2) is 78.6. The predicted octanol–water partition coefficient (Wildman–Crippen LogP) is 24.7. The summed E-state index contributed by atoms with van der Waals surface area (Å²) >= 11 is 0. The first-order chi connectivity index (χ1) is 51.7. The topological polar surface area (TPSA) is 237 Å². The van der Waals surface area contributed by atoms with E-state index in [9.17, 15) is 43.2 Å². The Hall–Kier alpha value is -4.54. The Kier molecular flexibility index (Phi) is 75.2. The van der Waals surface area contributed by atoms with Crippen LogP contribution in [0.4, 0.5) is 0 Å². The maximum Gasteiger partial charge on any atom is 0.472 e. The molecule has 0 aromatic rings. The SMILES string of the molecule is CC/C=C\C/C=C\C/C=C\C/C=C\C/C=C\CCCCCC(=O)OCC(COP(=O)(O)OCC(O)COP(=O)(O)OCC(COC(=O)CCCCCCCCCCCCCCCCC)OC(=O)CCCCCCC/C=C\CCCCCC)OC(=O)CCCCCCCC/C=C\C/C=C\C/C=C\C/C=C\CC. The average Bonchev–Trinajstić information content (AvgIpc) is 0.903. The van der Waals surface area contributed by atoms with E-state index in [0.717, 1.165) is 173 Å². The highest BCUT2D eigenvalue weighted by Crippen LogP contribution is 2.45. The molecule has 0 bridgehead atoms. The fourth-order valence-electron chi connectivity index (χ4n) is 11.1. The normalized spacial score (nSPS) is 14.4. The van der Waals surface area contributed by atoms with Gasteiger partial charge < -0.3 is 33.8 Å². The lowest BCUT2D eigenvalue weighted by molar-refractivity contribution is -0.161. The molecule has 5 unspecified atom stereocenters. The van der Waals surface area contributed by atoms with E-state index in [2.05, 4.69) is 149 Å². The summed E-state index contributed by atoms with van der Waals surface area (Å²) in [4.78, 5) is 73.1. The molecule has 0 radical (unpaired) electrons. The lowest BCUT2D eigenvalue weighted by Crippen LogP contribution is -2.30. The number of ether oxygens (including phenoxy) is 4. The zero-order valence-corrected chi connectivity index (χ0v) is 68.6. The monoisotopic (exact) mass is 1530 g/mol. The Morgan fingerprint density at radius 2 is 0.491 bits per heavy atom. The molecule has 5 atom stereocenters. The first-order valence-electron chi connectivity index (χ1n) is 41.8. The average molecular weight is 1530 g/mol. The van der Waals surface area contributed by atoms with Gasteiger partial charge >= 0.3 is 39.5 Å². The van der Waals surface area contributed by atoms with Gasteiger partial charge in [-0.05, 0) is 135 Å². The highest BCUT2D eigenvalue weighted by Gasteiger charge is 2.30. The third-order valence-electron chi connectivity index (χ3n) is 17.4. The number of carbonyl (C=O) groups excluding carboxylic acids is 4. The van der Waals surface area contributed by atoms with Crippen LogP contribution in [0.15, 0.2) is 122 Å². The number of phosphoric ester groups is 2. The molecule has 0 heterocycles. The van der Waals surface area contributed by atoms with E-state index in [1.807, 2.05) is 0 Å². The minimum absolute atomic E-state index is 0.0686. The van der Waals surface area contributed by atoms with Crippen LogP contribution in [0.25, 0.3) is 0 Å². The Labute approximate surface area is 644 Å². The van der Waals surface area contributed by atoms with Gasteiger partial charge in [-0.25, -0.2) is 9.13 Å². The van der Waals surface area contributed by atoms with Crippen LogP contribution in [0.5, 0.6) is 0 Å². The molecule has 0 aliphatic rings. The van der Waals surface area contributed by atoms with Gasteiger partial charge in [-0.3, -0.25) is 37.3 Å². The van der Waals surface area contributed by atoms with Gasteiger partial charge in [0.2, 0.25) is 0 Å². The van der Waals surface area contributed by atoms with Crippen LogP contribution in [-0.4, -0.2) is 96.7 Å². The van der Waals surface area contributed by atoms with E-state index in [-0.39, 0.29) is 25.7 Å². The lowest BCUT2D eigenvalue weighted by atomic mass is 10.0. The smallest absolute Gasteiger partial charge is 0.462 e. The van der Waals surface area contributed by atoms with Crippen molar-refractivity contribution in [3.8, 4) is 0 Å². The first kappa shape index (κ1) is 101. The molecule has 0 saturated carbocycles. The van der Waals surface area contributed by atoms with E-state index in [1.165, 1.54) is 96.3 Å². The van der Waals surface area contributed by atoms with Crippen LogP contribution >= 0.6 is 15.6 Å². The lowest BCUT2D eigenvalue weighted by Gasteiger charge is -2.21. The molecule has 0 aliphatic heterocycles. The summed E-state index contributed by atoms with van der Waals surface area (Å²) in [5.41, 5.74) is 0. The fraction of sp³-hybridized carbons (Fsp3) is 0.724. The van der Waals surface area contributed by atoms with Gasteiger partial charge in [-0.2, -0.15) is 0 Å². The van der Waals surface area contributed by atoms with Crippen LogP contribution in [0.3, 0.4) is 0 Å². The number of hydrogen-bond donors (Lipinski definition) is 3. The number of aliphatic hydroxyl groups excluding tert-OH is 1. The first-order valence-corrected chi connectivity index (χ1v) is 44.8. The molecule has 0 aromatic carbocycles. The van der Waals surface area contributed by atoms with Crippen molar-refractivity contribution >= 4 is 39.5 Å². The quantitative estimate of drug-likeness (QED) is 0.0169. The van der Waals surface area contributed by atoms with Crippen molar-refractivity contribution in [1.82, 2.24) is 0 Å². The second-order valence-corrected chi connectivity index (χ2v) is 30.6.